The Kier molecular flexibility index (Phi) is 4.56. The number of nitrogens with zero attached hydrogens (tertiary/aromatic N) is 2. The van der Waals surface area contributed by atoms with Gasteiger partial charge in [-0.05, 0) is 25.5 Å². The van der Waals surface area contributed by atoms with Gasteiger partial charge in [-0.15, -0.1) is 0 Å². The van der Waals surface area contributed by atoms with Crippen LogP contribution in [-0.4, -0.2) is 55.1 Å². The number of morpholine rings is 1. The molecular weight excluding hydrogens is 264 g/mol. The van der Waals surface area contributed by atoms with Gasteiger partial charge in [-0.2, -0.15) is 0 Å². The van der Waals surface area contributed by atoms with Gasteiger partial charge in [-0.25, -0.2) is 0 Å². The summed E-state index contributed by atoms with van der Waals surface area (Å²) in [6, 6.07) is 8.64. The van der Waals surface area contributed by atoms with Crippen LogP contribution >= 0.6 is 0 Å². The van der Waals surface area contributed by atoms with Gasteiger partial charge in [0.15, 0.2) is 0 Å². The van der Waals surface area contributed by atoms with Crippen molar-refractivity contribution in [1.29, 1.82) is 0 Å². The zero-order valence-corrected chi connectivity index (χ0v) is 12.8. The van der Waals surface area contributed by atoms with E-state index in [-0.39, 0.29) is 5.92 Å². The van der Waals surface area contributed by atoms with Crippen molar-refractivity contribution in [3.63, 3.8) is 0 Å². The molecule has 3 rings (SSSR count). The highest BCUT2D eigenvalue weighted by molar-refractivity contribution is 5.79. The number of likely N-dealkylation sites (tertiary alicyclic amines) is 1. The van der Waals surface area contributed by atoms with Crippen LogP contribution in [0, 0.1) is 12.8 Å². The number of carbonyl (C=O) groups excluding carboxylic acids is 1. The first-order valence-corrected chi connectivity index (χ1v) is 7.87. The van der Waals surface area contributed by atoms with Crippen molar-refractivity contribution in [2.24, 2.45) is 5.92 Å². The van der Waals surface area contributed by atoms with E-state index in [1.807, 2.05) is 4.90 Å². The third-order valence-electron chi connectivity index (χ3n) is 4.43. The molecule has 114 valence electrons. The molecule has 0 radical (unpaired) electrons. The number of carbonyl (C=O) groups is 1. The minimum absolute atomic E-state index is 0.174. The fraction of sp³-hybridized carbons (Fsp3) is 0.588. The van der Waals surface area contributed by atoms with Crippen molar-refractivity contribution in [3.8, 4) is 0 Å². The fourth-order valence-electron chi connectivity index (χ4n) is 3.29. The number of aryl methyl sites for hydroxylation is 1. The van der Waals surface area contributed by atoms with Crippen LogP contribution in [0.4, 0.5) is 0 Å². The summed E-state index contributed by atoms with van der Waals surface area (Å²) in [5.74, 6) is 0.498. The van der Waals surface area contributed by atoms with Gasteiger partial charge in [0.1, 0.15) is 0 Å². The van der Waals surface area contributed by atoms with E-state index in [0.717, 1.165) is 39.1 Å². The van der Waals surface area contributed by atoms with E-state index in [2.05, 4.69) is 36.1 Å². The van der Waals surface area contributed by atoms with Crippen LogP contribution in [0.15, 0.2) is 24.3 Å². The van der Waals surface area contributed by atoms with Crippen molar-refractivity contribution >= 4 is 5.91 Å². The SMILES string of the molecule is Cc1cccc(CN2CCC(C(=O)N3CCOCC3)C2)c1. The lowest BCUT2D eigenvalue weighted by Crippen LogP contribution is -2.44. The van der Waals surface area contributed by atoms with Gasteiger partial charge in [0, 0.05) is 26.2 Å². The molecule has 0 N–H and O–H groups in total. The monoisotopic (exact) mass is 288 g/mol. The first kappa shape index (κ1) is 14.5. The van der Waals surface area contributed by atoms with Crippen LogP contribution in [0.3, 0.4) is 0 Å². The van der Waals surface area contributed by atoms with Crippen LogP contribution in [-0.2, 0) is 16.1 Å². The summed E-state index contributed by atoms with van der Waals surface area (Å²) in [5, 5.41) is 0. The topological polar surface area (TPSA) is 32.8 Å². The van der Waals surface area contributed by atoms with E-state index in [4.69, 9.17) is 4.74 Å². The molecule has 1 amide bonds. The lowest BCUT2D eigenvalue weighted by atomic mass is 10.1. The minimum Gasteiger partial charge on any atom is -0.378 e. The summed E-state index contributed by atoms with van der Waals surface area (Å²) < 4.78 is 5.32. The molecule has 1 unspecified atom stereocenters. The standard InChI is InChI=1S/C17H24N2O2/c1-14-3-2-4-15(11-14)12-18-6-5-16(13-18)17(20)19-7-9-21-10-8-19/h2-4,11,16H,5-10,12-13H2,1H3. The predicted octanol–water partition coefficient (Wildman–Crippen LogP) is 1.68. The Morgan fingerprint density at radius 2 is 2.10 bits per heavy atom. The Hall–Kier alpha value is -1.39. The maximum atomic E-state index is 12.5. The number of ether oxygens (including phenoxy) is 1. The smallest absolute Gasteiger partial charge is 0.227 e. The quantitative estimate of drug-likeness (QED) is 0.848. The van der Waals surface area contributed by atoms with Gasteiger partial charge in [0.2, 0.25) is 5.91 Å². The molecule has 4 heteroatoms. The molecule has 1 aromatic rings. The Balaban J connectivity index is 1.54. The zero-order chi connectivity index (χ0) is 14.7. The van der Waals surface area contributed by atoms with Gasteiger partial charge >= 0.3 is 0 Å². The molecule has 2 saturated heterocycles. The highest BCUT2D eigenvalue weighted by Crippen LogP contribution is 2.21. The molecule has 2 aliphatic heterocycles. The Bertz CT molecular complexity index is 497. The Morgan fingerprint density at radius 1 is 1.29 bits per heavy atom. The summed E-state index contributed by atoms with van der Waals surface area (Å²) in [6.07, 6.45) is 0.988. The van der Waals surface area contributed by atoms with Crippen LogP contribution < -0.4 is 0 Å². The normalized spacial score (nSPS) is 23.5. The number of benzene rings is 1. The lowest BCUT2D eigenvalue weighted by molar-refractivity contribution is -0.139. The van der Waals surface area contributed by atoms with Crippen LogP contribution in [0.1, 0.15) is 17.5 Å². The Morgan fingerprint density at radius 3 is 2.86 bits per heavy atom. The van der Waals surface area contributed by atoms with E-state index in [0.29, 0.717) is 19.1 Å². The molecule has 1 aromatic carbocycles. The predicted molar refractivity (Wildman–Crippen MR) is 82.0 cm³/mol. The van der Waals surface area contributed by atoms with Gasteiger partial charge in [-0.1, -0.05) is 29.8 Å². The van der Waals surface area contributed by atoms with Gasteiger partial charge in [0.25, 0.3) is 0 Å². The summed E-state index contributed by atoms with van der Waals surface area (Å²) in [5.41, 5.74) is 2.64. The third-order valence-corrected chi connectivity index (χ3v) is 4.43. The van der Waals surface area contributed by atoms with E-state index in [1.54, 1.807) is 0 Å². The van der Waals surface area contributed by atoms with Crippen molar-refractivity contribution in [2.45, 2.75) is 19.9 Å². The van der Waals surface area contributed by atoms with Crippen molar-refractivity contribution < 1.29 is 9.53 Å². The van der Waals surface area contributed by atoms with E-state index < -0.39 is 0 Å². The largest absolute Gasteiger partial charge is 0.378 e. The molecule has 1 atom stereocenters. The highest BCUT2D eigenvalue weighted by Gasteiger charge is 2.31. The van der Waals surface area contributed by atoms with Crippen LogP contribution in [0.2, 0.25) is 0 Å². The molecule has 0 aromatic heterocycles. The summed E-state index contributed by atoms with van der Waals surface area (Å²) >= 11 is 0. The second-order valence-electron chi connectivity index (χ2n) is 6.15. The van der Waals surface area contributed by atoms with Gasteiger partial charge in [-0.3, -0.25) is 9.69 Å². The van der Waals surface area contributed by atoms with Gasteiger partial charge in [0.05, 0.1) is 19.1 Å². The van der Waals surface area contributed by atoms with E-state index in [9.17, 15) is 4.79 Å². The summed E-state index contributed by atoms with van der Waals surface area (Å²) in [6.45, 7) is 7.88. The molecule has 0 spiro atoms. The molecule has 2 aliphatic rings. The average molecular weight is 288 g/mol. The zero-order valence-electron chi connectivity index (χ0n) is 12.8. The molecule has 0 aliphatic carbocycles. The summed E-state index contributed by atoms with van der Waals surface area (Å²) in [7, 11) is 0. The van der Waals surface area contributed by atoms with Gasteiger partial charge < -0.3 is 9.64 Å². The maximum absolute atomic E-state index is 12.5. The lowest BCUT2D eigenvalue weighted by Gasteiger charge is -2.29. The van der Waals surface area contributed by atoms with Crippen LogP contribution in [0.5, 0.6) is 0 Å². The van der Waals surface area contributed by atoms with Crippen molar-refractivity contribution in [2.75, 3.05) is 39.4 Å². The molecule has 2 heterocycles. The number of hydrogen-bond donors (Lipinski definition) is 0. The molecule has 21 heavy (non-hydrogen) atoms. The second-order valence-corrected chi connectivity index (χ2v) is 6.15. The maximum Gasteiger partial charge on any atom is 0.227 e. The third kappa shape index (κ3) is 3.63. The number of amides is 1. The van der Waals surface area contributed by atoms with Crippen LogP contribution in [0.25, 0.3) is 0 Å². The molecule has 2 fully saturated rings. The van der Waals surface area contributed by atoms with Crippen molar-refractivity contribution in [1.82, 2.24) is 9.80 Å². The molecule has 0 bridgehead atoms. The number of hydrogen-bond acceptors (Lipinski definition) is 3. The summed E-state index contributed by atoms with van der Waals surface area (Å²) in [4.78, 5) is 16.9. The van der Waals surface area contributed by atoms with E-state index in [1.165, 1.54) is 11.1 Å². The first-order chi connectivity index (χ1) is 10.2. The second kappa shape index (κ2) is 6.58. The molecule has 4 nitrogen and oxygen atoms in total. The molecule has 0 saturated carbocycles. The highest BCUT2D eigenvalue weighted by atomic mass is 16.5. The molecular formula is C17H24N2O2. The average Bonchev–Trinajstić information content (AvgIpc) is 2.96. The van der Waals surface area contributed by atoms with Crippen molar-refractivity contribution in [3.05, 3.63) is 35.4 Å². The first-order valence-electron chi connectivity index (χ1n) is 7.87. The van der Waals surface area contributed by atoms with E-state index >= 15 is 0 Å². The number of rotatable bonds is 3. The fourth-order valence-corrected chi connectivity index (χ4v) is 3.29. The minimum atomic E-state index is 0.174. The Labute approximate surface area is 126 Å².